The molecule has 0 heterocycles. The lowest BCUT2D eigenvalue weighted by Crippen LogP contribution is -2.25. The Hall–Kier alpha value is -5.40. The fraction of sp³-hybridized carbons (Fsp3) is 0.388. The zero-order chi connectivity index (χ0) is 83.7. The lowest BCUT2D eigenvalue weighted by Gasteiger charge is -2.28. The highest BCUT2D eigenvalue weighted by Crippen LogP contribution is 2.38. The molecular weight excluding hydrogens is 1660 g/mol. The lowest BCUT2D eigenvalue weighted by molar-refractivity contribution is 0.449. The highest BCUT2D eigenvalue weighted by molar-refractivity contribution is 7.57. The van der Waals surface area contributed by atoms with Crippen LogP contribution < -0.4 is 79.6 Å². The maximum atomic E-state index is 11.1. The van der Waals surface area contributed by atoms with Gasteiger partial charge in [-0.1, -0.05) is 312 Å². The molecule has 648 valence electrons. The van der Waals surface area contributed by atoms with Gasteiger partial charge in [-0.3, -0.25) is 0 Å². The Balaban J connectivity index is 0.000000733. The van der Waals surface area contributed by atoms with Crippen LogP contribution in [0.3, 0.4) is 0 Å². The minimum Gasteiger partial charge on any atom is -0.507 e. The Labute approximate surface area is 751 Å². The van der Waals surface area contributed by atoms with Gasteiger partial charge in [0.25, 0.3) is 0 Å². The molecule has 0 saturated heterocycles. The van der Waals surface area contributed by atoms with E-state index in [-0.39, 0.29) is 78.3 Å². The second-order valence-electron chi connectivity index (χ2n) is 33.7. The summed E-state index contributed by atoms with van der Waals surface area (Å²) < 4.78 is 0. The topological polar surface area (TPSA) is 161 Å². The third-order valence-electron chi connectivity index (χ3n) is 19.6. The lowest BCUT2D eigenvalue weighted by atomic mass is 9.80. The van der Waals surface area contributed by atoms with Crippen molar-refractivity contribution in [2.45, 2.75) is 240 Å². The van der Waals surface area contributed by atoms with Crippen LogP contribution in [-0.2, 0) is 49.0 Å². The van der Waals surface area contributed by atoms with E-state index >= 15 is 0 Å². The first-order valence-electron chi connectivity index (χ1n) is 40.2. The van der Waals surface area contributed by atoms with Crippen LogP contribution in [0.2, 0.25) is 0 Å². The van der Waals surface area contributed by atoms with Gasteiger partial charge in [0.15, 0.2) is 0 Å². The van der Waals surface area contributed by atoms with Crippen molar-refractivity contribution >= 4 is 158 Å². The maximum absolute atomic E-state index is 11.1. The molecule has 20 heteroatoms. The first-order valence-corrected chi connectivity index (χ1v) is 45.2. The quantitative estimate of drug-likeness (QED) is 0.0250. The van der Waals surface area contributed by atoms with Gasteiger partial charge in [-0.2, -0.15) is 0 Å². The molecule has 0 radical (unpaired) electrons. The summed E-state index contributed by atoms with van der Waals surface area (Å²) in [4.78, 5) is 0. The smallest absolute Gasteiger partial charge is 0.127 e. The van der Waals surface area contributed by atoms with Gasteiger partial charge in [0, 0.05) is 82.9 Å². The van der Waals surface area contributed by atoms with E-state index in [1.807, 2.05) is 56.3 Å². The highest BCUT2D eigenvalue weighted by Gasteiger charge is 2.27. The predicted molar refractivity (Wildman–Crippen MR) is 542 cm³/mol. The van der Waals surface area contributed by atoms with Crippen molar-refractivity contribution in [3.05, 3.63) is 265 Å². The van der Waals surface area contributed by atoms with Gasteiger partial charge in [-0.15, -0.1) is 62.0 Å². The Kier molecular flexibility index (Phi) is 49.6. The van der Waals surface area contributed by atoms with Crippen LogP contribution in [0.15, 0.2) is 176 Å². The molecule has 0 saturated carbocycles. The minimum atomic E-state index is -0.0943. The number of phenols is 5. The number of nitrogens with one attached hydrogen (secondary N) is 5. The molecule has 0 aliphatic carbocycles. The third kappa shape index (κ3) is 34.7. The first kappa shape index (κ1) is 111. The zero-order valence-corrected chi connectivity index (χ0v) is 83.8. The molecule has 10 N–H and O–H groups in total. The molecule has 0 aliphatic rings. The molecule has 0 aromatic heterocycles. The van der Waals surface area contributed by atoms with Crippen LogP contribution in [-0.4, -0.2) is 56.7 Å². The molecule has 118 heavy (non-hydrogen) atoms. The molecule has 0 amide bonds. The molecule has 0 fully saturated rings. The van der Waals surface area contributed by atoms with E-state index in [1.54, 1.807) is 12.1 Å². The number of para-hydroxylation sites is 2. The maximum Gasteiger partial charge on any atom is 0.127 e. The SMILES string of the molecule is CCNCc1cccc(C)c1Pc1cc(C(C)(C)C)cc(C(C)(C)C)c1O.CCNCc1cccc(C)c1Pc1cc(C(C)(C)C)cc(C)c1O.Cc1ccc(O)c(Pc2c(C)cccc2CNC(C)C)c1.Cc1cccc(CNC(C)C)c1Pc1ccccc1O.Cc1cccc(Pc2c(C)cccc2CNC(C)C)c1O.Cl.Cl.Cl.Cl.Cl. The van der Waals surface area contributed by atoms with Gasteiger partial charge in [0.2, 0.25) is 0 Å². The summed E-state index contributed by atoms with van der Waals surface area (Å²) in [6.07, 6.45) is 0. The van der Waals surface area contributed by atoms with Crippen molar-refractivity contribution < 1.29 is 25.5 Å². The van der Waals surface area contributed by atoms with Crippen LogP contribution >= 0.6 is 105 Å². The summed E-state index contributed by atoms with van der Waals surface area (Å²) in [5, 5.41) is 81.2. The van der Waals surface area contributed by atoms with Crippen molar-refractivity contribution in [1.29, 1.82) is 0 Å². The number of aromatic hydroxyl groups is 5. The van der Waals surface area contributed by atoms with Crippen molar-refractivity contribution in [1.82, 2.24) is 26.6 Å². The molecule has 10 nitrogen and oxygen atoms in total. The Morgan fingerprint density at radius 1 is 0.288 bits per heavy atom. The Morgan fingerprint density at radius 2 is 0.593 bits per heavy atom. The van der Waals surface area contributed by atoms with Crippen LogP contribution in [0.1, 0.15) is 207 Å². The average molecular weight is 1800 g/mol. The van der Waals surface area contributed by atoms with Gasteiger partial charge in [-0.25, -0.2) is 0 Å². The normalized spacial score (nSPS) is 11.6. The summed E-state index contributed by atoms with van der Waals surface area (Å²) in [6, 6.07) is 61.8. The molecule has 5 unspecified atom stereocenters. The fourth-order valence-corrected chi connectivity index (χ4v) is 19.4. The zero-order valence-electron chi connectivity index (χ0n) is 74.7. The number of hydrogen-bond acceptors (Lipinski definition) is 10. The third-order valence-corrected chi connectivity index (χ3v) is 27.7. The number of phenolic OH excluding ortho intramolecular Hbond substituents is 5. The van der Waals surface area contributed by atoms with Gasteiger partial charge in [0.1, 0.15) is 28.7 Å². The number of benzene rings is 10. The molecule has 10 aromatic rings. The summed E-state index contributed by atoms with van der Waals surface area (Å²) in [6.45, 7) is 60.1. The highest BCUT2D eigenvalue weighted by atomic mass is 35.5. The number of aryl methyl sites for hydroxylation is 8. The van der Waals surface area contributed by atoms with E-state index in [0.717, 1.165) is 89.0 Å². The standard InChI is InChI=1S/C24H36NOP.C21H30NOP.2C18H24NOP.C17H22NOP.5ClH/c1-9-25-15-17-12-10-11-16(2)22(17)27-20-14-18(23(3,4)5)13-19(21(20)26)24(6,7)8;1-7-22-13-16-10-8-9-14(2)20(16)24-18-12-17(21(4,5)6)11-15(3)19(18)23;1-12(2)19-11-15-9-5-8-14(4)18(15)21-16-10-6-7-13(3)17(16)20;1-12(2)19-11-15-7-5-6-14(4)18(15)21-17-10-13(3)8-9-16(17)20;1-12(2)18-11-14-8-6-7-13(3)17(14)20-16-10-5-4-9-15(16)19;;;;;/h10-14,25-27H,9,15H2,1-8H3;8-12,22-24H,7,13H2,1-6H3;2*5-10,12,19-21H,11H2,1-4H3;4-10,12,18-20H,11H2,1-3H3;5*1H. The van der Waals surface area contributed by atoms with Gasteiger partial charge < -0.3 is 52.1 Å². The second-order valence-corrected chi connectivity index (χ2v) is 40.1. The molecule has 0 spiro atoms. The summed E-state index contributed by atoms with van der Waals surface area (Å²) in [5.74, 6) is 2.12. The van der Waals surface area contributed by atoms with Crippen LogP contribution in [0.5, 0.6) is 28.7 Å². The van der Waals surface area contributed by atoms with Crippen molar-refractivity contribution in [3.63, 3.8) is 0 Å². The van der Waals surface area contributed by atoms with Crippen LogP contribution in [0.4, 0.5) is 0 Å². The monoisotopic (exact) mass is 1800 g/mol. The van der Waals surface area contributed by atoms with E-state index in [0.29, 0.717) is 89.8 Å². The molecular formula is C98H141Cl5N5O5P5. The fourth-order valence-electron chi connectivity index (χ4n) is 12.5. The molecule has 0 aliphatic heterocycles. The van der Waals surface area contributed by atoms with Crippen LogP contribution in [0.25, 0.3) is 0 Å². The van der Waals surface area contributed by atoms with Crippen LogP contribution in [0, 0.1) is 55.4 Å². The minimum absolute atomic E-state index is 0. The van der Waals surface area contributed by atoms with E-state index in [2.05, 4.69) is 307 Å². The van der Waals surface area contributed by atoms with Gasteiger partial charge in [0.05, 0.1) is 0 Å². The summed E-state index contributed by atoms with van der Waals surface area (Å²) in [5.41, 5.74) is 19.8. The Morgan fingerprint density at radius 3 is 0.958 bits per heavy atom. The first-order chi connectivity index (χ1) is 53.2. The van der Waals surface area contributed by atoms with Gasteiger partial charge in [-0.05, 0) is 219 Å². The number of rotatable bonds is 25. The molecule has 10 aromatic carbocycles. The van der Waals surface area contributed by atoms with E-state index in [1.165, 1.54) is 98.8 Å². The second kappa shape index (κ2) is 52.9. The number of halogens is 5. The predicted octanol–water partition coefficient (Wildman–Crippen LogP) is 20.3. The van der Waals surface area contributed by atoms with Crippen molar-refractivity contribution in [3.8, 4) is 28.7 Å². The number of hydrogen-bond donors (Lipinski definition) is 10. The van der Waals surface area contributed by atoms with Crippen molar-refractivity contribution in [2.75, 3.05) is 13.1 Å². The molecule has 0 bridgehead atoms. The largest absolute Gasteiger partial charge is 0.507 e. The van der Waals surface area contributed by atoms with E-state index in [4.69, 9.17) is 0 Å². The van der Waals surface area contributed by atoms with Gasteiger partial charge >= 0.3 is 0 Å². The van der Waals surface area contributed by atoms with Crippen molar-refractivity contribution in [2.24, 2.45) is 0 Å². The molecule has 5 atom stereocenters. The summed E-state index contributed by atoms with van der Waals surface area (Å²) in [7, 11) is 2.36. The average Bonchev–Trinajstić information content (AvgIpc) is 0.779. The molecule has 10 rings (SSSR count). The van der Waals surface area contributed by atoms with E-state index in [9.17, 15) is 25.5 Å². The Bertz CT molecular complexity index is 4670. The van der Waals surface area contributed by atoms with E-state index < -0.39 is 0 Å². The summed E-state index contributed by atoms with van der Waals surface area (Å²) >= 11 is 0.